The zero-order valence-electron chi connectivity index (χ0n) is 33.4. The molecule has 19 nitrogen and oxygen atoms in total. The van der Waals surface area contributed by atoms with Gasteiger partial charge in [0.25, 0.3) is 16.8 Å². The summed E-state index contributed by atoms with van der Waals surface area (Å²) < 4.78 is 2.40. The van der Waals surface area contributed by atoms with Crippen molar-refractivity contribution in [2.24, 2.45) is 5.73 Å². The molecule has 0 saturated heterocycles. The third kappa shape index (κ3) is 11.7. The van der Waals surface area contributed by atoms with E-state index in [0.29, 0.717) is 33.6 Å². The van der Waals surface area contributed by atoms with E-state index in [2.05, 4.69) is 25.9 Å². The highest BCUT2D eigenvalue weighted by Crippen LogP contribution is 2.26. The Kier molecular flexibility index (Phi) is 14.3. The van der Waals surface area contributed by atoms with E-state index in [0.717, 1.165) is 10.1 Å². The van der Waals surface area contributed by atoms with Gasteiger partial charge < -0.3 is 37.6 Å². The minimum Gasteiger partial charge on any atom is -0.507 e. The van der Waals surface area contributed by atoms with Crippen molar-refractivity contribution >= 4 is 40.7 Å². The van der Waals surface area contributed by atoms with E-state index in [1.165, 1.54) is 35.0 Å². The number of nitrogen functional groups attached to an aromatic ring is 2. The zero-order valence-corrected chi connectivity index (χ0v) is 33.4. The molecule has 0 saturated carbocycles. The standard InChI is InChI=1S/C24H29N7O3.C16H18N4O5/c1-13(2)30-23-24(34)31(19(11-29-23)16-6-14(3)7-17(25)9-16)12-21(33)28-10-15-4-5-18(22(26)27)20(32)8-15;1-9(2)18-15-16(23)19(8-14(21)22)13(7-17-15)11-4-10(3)5-12(6-11)20(24)25/h4-9,11,13,32H,10,12,25H2,1-3H3,(H3,26,27)(H,28,33)(H,29,30);4-7,9H,8H2,1-3H3,(H,17,18)(H,21,22). The number of aryl methyl sites for hydroxylation is 2. The van der Waals surface area contributed by atoms with Crippen LogP contribution < -0.4 is 38.5 Å². The summed E-state index contributed by atoms with van der Waals surface area (Å²) in [4.78, 5) is 68.6. The van der Waals surface area contributed by atoms with Crippen LogP contribution in [0.15, 0.2) is 76.6 Å². The molecule has 10 N–H and O–H groups in total. The van der Waals surface area contributed by atoms with Crippen LogP contribution in [-0.2, 0) is 29.2 Å². The smallest absolute Gasteiger partial charge is 0.323 e. The van der Waals surface area contributed by atoms with Crippen molar-refractivity contribution in [3.05, 3.63) is 120 Å². The molecule has 5 aromatic rings. The fraction of sp³-hybridized carbons (Fsp3) is 0.275. The first-order chi connectivity index (χ1) is 27.7. The Hall–Kier alpha value is -7.57. The van der Waals surface area contributed by atoms with Gasteiger partial charge in [-0.15, -0.1) is 0 Å². The van der Waals surface area contributed by atoms with Gasteiger partial charge in [-0.05, 0) is 94.6 Å². The van der Waals surface area contributed by atoms with Gasteiger partial charge >= 0.3 is 5.97 Å². The average molecular weight is 810 g/mol. The Morgan fingerprint density at radius 1 is 0.847 bits per heavy atom. The molecule has 0 radical (unpaired) electrons. The fourth-order valence-electron chi connectivity index (χ4n) is 5.92. The van der Waals surface area contributed by atoms with Gasteiger partial charge in [-0.1, -0.05) is 6.07 Å². The number of carbonyl (C=O) groups is 2. The highest BCUT2D eigenvalue weighted by Gasteiger charge is 2.19. The highest BCUT2D eigenvalue weighted by atomic mass is 16.6. The lowest BCUT2D eigenvalue weighted by Crippen LogP contribution is -2.35. The second kappa shape index (κ2) is 19.0. The summed E-state index contributed by atoms with van der Waals surface area (Å²) in [6, 6.07) is 14.2. The second-order valence-electron chi connectivity index (χ2n) is 14.2. The van der Waals surface area contributed by atoms with Gasteiger partial charge in [0, 0.05) is 47.6 Å². The predicted molar refractivity (Wildman–Crippen MR) is 225 cm³/mol. The Balaban J connectivity index is 0.000000273. The van der Waals surface area contributed by atoms with Crippen LogP contribution in [0, 0.1) is 29.4 Å². The first kappa shape index (κ1) is 44.1. The average Bonchev–Trinajstić information content (AvgIpc) is 3.13. The molecule has 3 aromatic carbocycles. The van der Waals surface area contributed by atoms with Crippen LogP contribution in [0.4, 0.5) is 23.0 Å². The number of nitrogens with zero attached hydrogens (tertiary/aromatic N) is 5. The number of nitro benzene ring substituents is 1. The van der Waals surface area contributed by atoms with Gasteiger partial charge in [-0.2, -0.15) is 0 Å². The van der Waals surface area contributed by atoms with E-state index in [-0.39, 0.29) is 65.3 Å². The van der Waals surface area contributed by atoms with Crippen molar-refractivity contribution in [1.29, 1.82) is 5.41 Å². The molecule has 1 amide bonds. The molecule has 0 aliphatic carbocycles. The number of aromatic hydroxyl groups is 1. The van der Waals surface area contributed by atoms with Gasteiger partial charge in [0.15, 0.2) is 11.6 Å². The lowest BCUT2D eigenvalue weighted by molar-refractivity contribution is -0.384. The summed E-state index contributed by atoms with van der Waals surface area (Å²) in [5, 5.41) is 46.2. The monoisotopic (exact) mass is 809 g/mol. The maximum Gasteiger partial charge on any atom is 0.323 e. The van der Waals surface area contributed by atoms with Crippen molar-refractivity contribution < 1.29 is 24.7 Å². The quantitative estimate of drug-likeness (QED) is 0.0259. The number of amides is 1. The molecule has 0 aliphatic heterocycles. The number of nitrogens with one attached hydrogen (secondary N) is 4. The molecular weight excluding hydrogens is 763 g/mol. The van der Waals surface area contributed by atoms with E-state index in [9.17, 15) is 34.4 Å². The molecule has 59 heavy (non-hydrogen) atoms. The van der Waals surface area contributed by atoms with Crippen molar-refractivity contribution in [2.45, 2.75) is 73.3 Å². The third-order valence-electron chi connectivity index (χ3n) is 8.36. The summed E-state index contributed by atoms with van der Waals surface area (Å²) in [6.07, 6.45) is 2.89. The molecule has 0 fully saturated rings. The fourth-order valence-corrected chi connectivity index (χ4v) is 5.92. The van der Waals surface area contributed by atoms with E-state index >= 15 is 0 Å². The maximum absolute atomic E-state index is 13.2. The number of nitro groups is 1. The van der Waals surface area contributed by atoms with E-state index < -0.39 is 34.5 Å². The van der Waals surface area contributed by atoms with Crippen LogP contribution in [0.2, 0.25) is 0 Å². The van der Waals surface area contributed by atoms with Crippen LogP contribution >= 0.6 is 0 Å². The Bertz CT molecular complexity index is 2510. The van der Waals surface area contributed by atoms with Crippen molar-refractivity contribution in [2.75, 3.05) is 16.4 Å². The number of nitrogens with two attached hydrogens (primary N) is 2. The molecule has 0 unspecified atom stereocenters. The number of non-ortho nitro benzene ring substituents is 1. The predicted octanol–water partition coefficient (Wildman–Crippen LogP) is 3.96. The molecule has 5 rings (SSSR count). The van der Waals surface area contributed by atoms with Gasteiger partial charge in [0.1, 0.15) is 24.7 Å². The van der Waals surface area contributed by atoms with Crippen LogP contribution in [0.3, 0.4) is 0 Å². The van der Waals surface area contributed by atoms with Crippen LogP contribution in [0.5, 0.6) is 5.75 Å². The number of carbonyl (C=O) groups excluding carboxylic acids is 1. The Morgan fingerprint density at radius 2 is 1.37 bits per heavy atom. The first-order valence-electron chi connectivity index (χ1n) is 18.3. The van der Waals surface area contributed by atoms with Crippen LogP contribution in [0.25, 0.3) is 22.5 Å². The van der Waals surface area contributed by atoms with E-state index in [1.807, 2.05) is 46.8 Å². The minimum atomic E-state index is -1.20. The molecule has 2 heterocycles. The minimum absolute atomic E-state index is 0.0198. The summed E-state index contributed by atoms with van der Waals surface area (Å²) in [6.45, 7) is 10.3. The Morgan fingerprint density at radius 3 is 1.85 bits per heavy atom. The number of carboxylic acid groups (broad SMARTS) is 1. The van der Waals surface area contributed by atoms with E-state index in [1.54, 1.807) is 31.3 Å². The zero-order chi connectivity index (χ0) is 43.7. The summed E-state index contributed by atoms with van der Waals surface area (Å²) in [5.74, 6) is -1.82. The number of rotatable bonds is 14. The number of amidine groups is 1. The summed E-state index contributed by atoms with van der Waals surface area (Å²) in [5.41, 5.74) is 14.8. The number of phenols is 1. The Labute approximate surface area is 338 Å². The third-order valence-corrected chi connectivity index (χ3v) is 8.36. The largest absolute Gasteiger partial charge is 0.507 e. The summed E-state index contributed by atoms with van der Waals surface area (Å²) in [7, 11) is 0. The highest BCUT2D eigenvalue weighted by molar-refractivity contribution is 5.97. The molecule has 0 aliphatic rings. The molecule has 310 valence electrons. The molecule has 0 bridgehead atoms. The van der Waals surface area contributed by atoms with Crippen LogP contribution in [0.1, 0.15) is 49.9 Å². The molecular formula is C40H47N11O8. The number of hydrogen-bond donors (Lipinski definition) is 8. The van der Waals surface area contributed by atoms with Crippen LogP contribution in [-0.4, -0.2) is 64.0 Å². The number of carboxylic acids is 1. The topological polar surface area (TPSA) is 300 Å². The van der Waals surface area contributed by atoms with Gasteiger partial charge in [-0.25, -0.2) is 9.97 Å². The van der Waals surface area contributed by atoms with E-state index in [4.69, 9.17) is 22.0 Å². The van der Waals surface area contributed by atoms with Crippen molar-refractivity contribution in [1.82, 2.24) is 24.4 Å². The summed E-state index contributed by atoms with van der Waals surface area (Å²) >= 11 is 0. The number of benzene rings is 3. The van der Waals surface area contributed by atoms with Gasteiger partial charge in [-0.3, -0.25) is 43.8 Å². The SMILES string of the molecule is Cc1cc(-c2cnc(NC(C)C)c(=O)n2CC(=O)O)cc([N+](=O)[O-])c1.Cc1cc(N)cc(-c2cnc(NC(C)C)c(=O)n2CC(=O)NCc2ccc(C(=N)N)c(O)c2)c1. The maximum atomic E-state index is 13.2. The van der Waals surface area contributed by atoms with Crippen molar-refractivity contribution in [3.8, 4) is 28.3 Å². The molecule has 19 heteroatoms. The number of aromatic nitrogens is 4. The van der Waals surface area contributed by atoms with Gasteiger partial charge in [0.05, 0.1) is 34.3 Å². The second-order valence-corrected chi connectivity index (χ2v) is 14.2. The first-order valence-corrected chi connectivity index (χ1v) is 18.3. The molecule has 0 spiro atoms. The number of phenolic OH excluding ortho intramolecular Hbond substituents is 1. The number of anilines is 3. The normalized spacial score (nSPS) is 10.8. The number of hydrogen-bond acceptors (Lipinski definition) is 13. The lowest BCUT2D eigenvalue weighted by atomic mass is 10.1. The molecule has 2 aromatic heterocycles. The lowest BCUT2D eigenvalue weighted by Gasteiger charge is -2.17. The molecule has 0 atom stereocenters. The van der Waals surface area contributed by atoms with Crippen molar-refractivity contribution in [3.63, 3.8) is 0 Å². The number of aliphatic carboxylic acids is 1. The van der Waals surface area contributed by atoms with Gasteiger partial charge in [0.2, 0.25) is 5.91 Å².